The van der Waals surface area contributed by atoms with E-state index in [1.54, 1.807) is 0 Å². The van der Waals surface area contributed by atoms with Crippen molar-refractivity contribution in [3.8, 4) is 0 Å². The van der Waals surface area contributed by atoms with Crippen LogP contribution in [0.15, 0.2) is 0 Å². The van der Waals surface area contributed by atoms with Gasteiger partial charge in [-0.25, -0.2) is 5.84 Å². The first-order chi connectivity index (χ1) is 9.53. The fourth-order valence-corrected chi connectivity index (χ4v) is 2.69. The minimum atomic E-state index is 0.390. The molecular formula is C13H25N7. The van der Waals surface area contributed by atoms with Crippen molar-refractivity contribution in [2.24, 2.45) is 11.3 Å². The second-order valence-electron chi connectivity index (χ2n) is 5.68. The molecule has 1 fully saturated rings. The summed E-state index contributed by atoms with van der Waals surface area (Å²) in [7, 11) is 3.82. The molecule has 0 bridgehead atoms. The average Bonchev–Trinajstić information content (AvgIpc) is 2.92. The lowest BCUT2D eigenvalue weighted by Crippen LogP contribution is -2.29. The molecule has 0 aromatic carbocycles. The number of hydrazine groups is 1. The summed E-state index contributed by atoms with van der Waals surface area (Å²) < 4.78 is 0. The van der Waals surface area contributed by atoms with Crippen molar-refractivity contribution in [3.05, 3.63) is 0 Å². The fourth-order valence-electron chi connectivity index (χ4n) is 2.69. The van der Waals surface area contributed by atoms with Crippen LogP contribution in [0.5, 0.6) is 0 Å². The molecule has 1 aliphatic heterocycles. The van der Waals surface area contributed by atoms with Crippen molar-refractivity contribution in [2.45, 2.75) is 33.1 Å². The molecule has 1 saturated heterocycles. The van der Waals surface area contributed by atoms with E-state index in [1.807, 2.05) is 19.0 Å². The van der Waals surface area contributed by atoms with E-state index in [4.69, 9.17) is 5.84 Å². The van der Waals surface area contributed by atoms with E-state index in [2.05, 4.69) is 39.1 Å². The van der Waals surface area contributed by atoms with Crippen LogP contribution in [0.25, 0.3) is 0 Å². The van der Waals surface area contributed by atoms with Gasteiger partial charge in [0.15, 0.2) is 0 Å². The van der Waals surface area contributed by atoms with Crippen LogP contribution >= 0.6 is 0 Å². The van der Waals surface area contributed by atoms with Crippen LogP contribution in [0, 0.1) is 5.41 Å². The summed E-state index contributed by atoms with van der Waals surface area (Å²) in [4.78, 5) is 17.3. The fraction of sp³-hybridized carbons (Fsp3) is 0.769. The van der Waals surface area contributed by atoms with E-state index in [0.717, 1.165) is 13.1 Å². The maximum Gasteiger partial charge on any atom is 0.243 e. The molecule has 112 valence electrons. The molecule has 7 nitrogen and oxygen atoms in total. The number of nitrogens with two attached hydrogens (primary N) is 1. The number of nitrogens with one attached hydrogen (secondary N) is 1. The Labute approximate surface area is 120 Å². The summed E-state index contributed by atoms with van der Waals surface area (Å²) in [6.45, 7) is 6.51. The first kappa shape index (κ1) is 14.8. The molecule has 1 aromatic rings. The van der Waals surface area contributed by atoms with Crippen LogP contribution in [-0.2, 0) is 0 Å². The molecular weight excluding hydrogens is 254 g/mol. The Kier molecular flexibility index (Phi) is 4.27. The Morgan fingerprint density at radius 3 is 2.45 bits per heavy atom. The predicted octanol–water partition coefficient (Wildman–Crippen LogP) is 1.24. The van der Waals surface area contributed by atoms with Crippen LogP contribution in [0.3, 0.4) is 0 Å². The molecule has 0 atom stereocenters. The Morgan fingerprint density at radius 2 is 1.95 bits per heavy atom. The van der Waals surface area contributed by atoms with E-state index in [1.165, 1.54) is 19.3 Å². The summed E-state index contributed by atoms with van der Waals surface area (Å²) in [5, 5.41) is 0. The normalized spacial score (nSPS) is 17.4. The molecule has 7 heteroatoms. The molecule has 0 aliphatic carbocycles. The minimum absolute atomic E-state index is 0.390. The highest BCUT2D eigenvalue weighted by Crippen LogP contribution is 2.38. The lowest BCUT2D eigenvalue weighted by atomic mass is 9.82. The van der Waals surface area contributed by atoms with Crippen molar-refractivity contribution >= 4 is 17.8 Å². The number of anilines is 3. The highest BCUT2D eigenvalue weighted by Gasteiger charge is 2.36. The van der Waals surface area contributed by atoms with E-state index in [0.29, 0.717) is 23.3 Å². The maximum absolute atomic E-state index is 5.45. The van der Waals surface area contributed by atoms with Crippen LogP contribution in [0.4, 0.5) is 17.8 Å². The number of nitrogen functional groups attached to an aromatic ring is 1. The Morgan fingerprint density at radius 1 is 1.25 bits per heavy atom. The summed E-state index contributed by atoms with van der Waals surface area (Å²) >= 11 is 0. The first-order valence-corrected chi connectivity index (χ1v) is 7.18. The third kappa shape index (κ3) is 2.77. The number of hydrogen-bond donors (Lipinski definition) is 2. The molecule has 0 saturated carbocycles. The summed E-state index contributed by atoms with van der Waals surface area (Å²) in [5.41, 5.74) is 2.91. The monoisotopic (exact) mass is 279 g/mol. The highest BCUT2D eigenvalue weighted by atomic mass is 15.4. The van der Waals surface area contributed by atoms with Gasteiger partial charge in [-0.15, -0.1) is 0 Å². The topological polar surface area (TPSA) is 83.2 Å². The van der Waals surface area contributed by atoms with Gasteiger partial charge >= 0.3 is 0 Å². The molecule has 3 N–H and O–H groups in total. The van der Waals surface area contributed by atoms with Gasteiger partial charge in [-0.3, -0.25) is 5.43 Å². The van der Waals surface area contributed by atoms with Crippen molar-refractivity contribution in [2.75, 3.05) is 42.4 Å². The molecule has 20 heavy (non-hydrogen) atoms. The second kappa shape index (κ2) is 5.78. The number of aromatic nitrogens is 3. The molecule has 0 amide bonds. The lowest BCUT2D eigenvalue weighted by molar-refractivity contribution is 0.301. The van der Waals surface area contributed by atoms with Crippen LogP contribution in [-0.4, -0.2) is 42.1 Å². The van der Waals surface area contributed by atoms with Gasteiger partial charge in [0.1, 0.15) is 0 Å². The van der Waals surface area contributed by atoms with Crippen molar-refractivity contribution in [3.63, 3.8) is 0 Å². The summed E-state index contributed by atoms with van der Waals surface area (Å²) in [5.74, 6) is 7.19. The number of hydrogen-bond acceptors (Lipinski definition) is 7. The van der Waals surface area contributed by atoms with E-state index >= 15 is 0 Å². The number of nitrogens with zero attached hydrogens (tertiary/aromatic N) is 5. The zero-order valence-electron chi connectivity index (χ0n) is 12.8. The molecule has 0 spiro atoms. The second-order valence-corrected chi connectivity index (χ2v) is 5.68. The summed E-state index contributed by atoms with van der Waals surface area (Å²) in [6, 6.07) is 0. The summed E-state index contributed by atoms with van der Waals surface area (Å²) in [6.07, 6.45) is 3.57. The van der Waals surface area contributed by atoms with E-state index in [9.17, 15) is 0 Å². The third-order valence-electron chi connectivity index (χ3n) is 4.36. The van der Waals surface area contributed by atoms with Crippen LogP contribution in [0.1, 0.15) is 33.1 Å². The van der Waals surface area contributed by atoms with Crippen molar-refractivity contribution < 1.29 is 0 Å². The van der Waals surface area contributed by atoms with Crippen molar-refractivity contribution in [1.29, 1.82) is 0 Å². The van der Waals surface area contributed by atoms with Gasteiger partial charge < -0.3 is 9.80 Å². The molecule has 0 unspecified atom stereocenters. The van der Waals surface area contributed by atoms with Gasteiger partial charge in [-0.2, -0.15) is 15.0 Å². The molecule has 2 rings (SSSR count). The smallest absolute Gasteiger partial charge is 0.243 e. The van der Waals surface area contributed by atoms with Gasteiger partial charge in [0.25, 0.3) is 0 Å². The predicted molar refractivity (Wildman–Crippen MR) is 81.8 cm³/mol. The van der Waals surface area contributed by atoms with E-state index < -0.39 is 0 Å². The minimum Gasteiger partial charge on any atom is -0.347 e. The maximum atomic E-state index is 5.45. The molecule has 0 radical (unpaired) electrons. The Hall–Kier alpha value is -1.63. The standard InChI is InChI=1S/C13H25N7/c1-5-13(6-2)7-8-20(9-13)12-16-10(18-14)15-11(17-12)19(3)4/h5-9,14H2,1-4H3,(H,15,16,17,18). The van der Waals surface area contributed by atoms with Crippen LogP contribution < -0.4 is 21.1 Å². The quantitative estimate of drug-likeness (QED) is 0.619. The number of rotatable bonds is 5. The lowest BCUT2D eigenvalue weighted by Gasteiger charge is -2.26. The first-order valence-electron chi connectivity index (χ1n) is 7.18. The Bertz CT molecular complexity index is 456. The molecule has 2 heterocycles. The van der Waals surface area contributed by atoms with Crippen LogP contribution in [0.2, 0.25) is 0 Å². The molecule has 1 aliphatic rings. The third-order valence-corrected chi connectivity index (χ3v) is 4.36. The van der Waals surface area contributed by atoms with E-state index in [-0.39, 0.29) is 0 Å². The van der Waals surface area contributed by atoms with Gasteiger partial charge in [-0.05, 0) is 24.7 Å². The zero-order valence-corrected chi connectivity index (χ0v) is 12.8. The average molecular weight is 279 g/mol. The van der Waals surface area contributed by atoms with Gasteiger partial charge in [-0.1, -0.05) is 13.8 Å². The highest BCUT2D eigenvalue weighted by molar-refractivity contribution is 5.45. The van der Waals surface area contributed by atoms with Crippen molar-refractivity contribution in [1.82, 2.24) is 15.0 Å². The Balaban J connectivity index is 2.27. The van der Waals surface area contributed by atoms with Gasteiger partial charge in [0, 0.05) is 27.2 Å². The largest absolute Gasteiger partial charge is 0.347 e. The van der Waals surface area contributed by atoms with Gasteiger partial charge in [0.2, 0.25) is 17.8 Å². The molecule has 1 aromatic heterocycles. The SMILES string of the molecule is CCC1(CC)CCN(c2nc(NN)nc(N(C)C)n2)C1. The zero-order chi connectivity index (χ0) is 14.8. The van der Waals surface area contributed by atoms with Gasteiger partial charge in [0.05, 0.1) is 0 Å².